The van der Waals surface area contributed by atoms with Crippen molar-refractivity contribution >= 4 is 33.4 Å². The van der Waals surface area contributed by atoms with Gasteiger partial charge >= 0.3 is 0 Å². The fraction of sp³-hybridized carbons (Fsp3) is 0.176. The van der Waals surface area contributed by atoms with Gasteiger partial charge in [0.05, 0.1) is 16.0 Å². The predicted molar refractivity (Wildman–Crippen MR) is 99.5 cm³/mol. The summed E-state index contributed by atoms with van der Waals surface area (Å²) in [6, 6.07) is 10.0. The van der Waals surface area contributed by atoms with Crippen LogP contribution in [0, 0.1) is 10.1 Å². The molecule has 0 spiro atoms. The quantitative estimate of drug-likeness (QED) is 0.507. The molecular weight excluding hydrogens is 422 g/mol. The minimum Gasteiger partial charge on any atom is -0.493 e. The maximum atomic E-state index is 12.1. The van der Waals surface area contributed by atoms with Crippen LogP contribution in [0.4, 0.5) is 5.69 Å². The molecule has 0 aliphatic heterocycles. The van der Waals surface area contributed by atoms with Crippen LogP contribution in [-0.4, -0.2) is 30.0 Å². The van der Waals surface area contributed by atoms with Crippen LogP contribution in [0.5, 0.6) is 11.5 Å². The van der Waals surface area contributed by atoms with E-state index in [9.17, 15) is 19.7 Å². The first-order valence-corrected chi connectivity index (χ1v) is 8.58. The van der Waals surface area contributed by atoms with Crippen LogP contribution in [-0.2, 0) is 4.79 Å². The Bertz CT molecular complexity index is 841. The summed E-state index contributed by atoms with van der Waals surface area (Å²) in [5, 5.41) is 10.6. The molecule has 2 aromatic rings. The van der Waals surface area contributed by atoms with E-state index in [0.717, 1.165) is 0 Å². The Morgan fingerprint density at radius 2 is 1.81 bits per heavy atom. The maximum absolute atomic E-state index is 12.1. The molecule has 2 aromatic carbocycles. The van der Waals surface area contributed by atoms with E-state index in [1.54, 1.807) is 18.2 Å². The van der Waals surface area contributed by atoms with Crippen LogP contribution in [0.1, 0.15) is 17.3 Å². The lowest BCUT2D eigenvalue weighted by Crippen LogP contribution is -2.43. The van der Waals surface area contributed by atoms with Crippen LogP contribution < -0.4 is 20.3 Å². The van der Waals surface area contributed by atoms with Crippen molar-refractivity contribution < 1.29 is 24.0 Å². The van der Waals surface area contributed by atoms with Crippen molar-refractivity contribution in [2.24, 2.45) is 0 Å². The number of ether oxygens (including phenoxy) is 2. The number of hydrogen-bond donors (Lipinski definition) is 2. The highest BCUT2D eigenvalue weighted by atomic mass is 79.9. The van der Waals surface area contributed by atoms with Crippen LogP contribution in [0.25, 0.3) is 0 Å². The number of nitrogens with zero attached hydrogens (tertiary/aromatic N) is 1. The molecule has 0 fully saturated rings. The molecular formula is C17H16BrN3O6. The van der Waals surface area contributed by atoms with Crippen LogP contribution in [0.3, 0.4) is 0 Å². The zero-order valence-corrected chi connectivity index (χ0v) is 15.8. The third kappa shape index (κ3) is 5.96. The molecule has 0 saturated carbocycles. The van der Waals surface area contributed by atoms with Crippen molar-refractivity contribution in [3.8, 4) is 11.5 Å². The SMILES string of the molecule is CCOc1ccc(C(=O)NNC(=O)COc2ccc([N+](=O)[O-])cc2)cc1Br. The lowest BCUT2D eigenvalue weighted by Gasteiger charge is -2.10. The van der Waals surface area contributed by atoms with Gasteiger partial charge in [-0.2, -0.15) is 0 Å². The highest BCUT2D eigenvalue weighted by molar-refractivity contribution is 9.10. The van der Waals surface area contributed by atoms with E-state index in [-0.39, 0.29) is 18.0 Å². The number of benzene rings is 2. The van der Waals surface area contributed by atoms with E-state index in [0.29, 0.717) is 22.4 Å². The Balaban J connectivity index is 1.81. The second-order valence-corrected chi connectivity index (χ2v) is 5.97. The summed E-state index contributed by atoms with van der Waals surface area (Å²) in [4.78, 5) is 33.8. The van der Waals surface area contributed by atoms with Gasteiger partial charge < -0.3 is 9.47 Å². The van der Waals surface area contributed by atoms with Gasteiger partial charge in [-0.1, -0.05) is 0 Å². The summed E-state index contributed by atoms with van der Waals surface area (Å²) >= 11 is 3.31. The van der Waals surface area contributed by atoms with Gasteiger partial charge in [-0.15, -0.1) is 0 Å². The fourth-order valence-electron chi connectivity index (χ4n) is 1.96. The lowest BCUT2D eigenvalue weighted by atomic mass is 10.2. The number of hydrogen-bond acceptors (Lipinski definition) is 6. The number of nitro groups is 1. The maximum Gasteiger partial charge on any atom is 0.276 e. The third-order valence-corrected chi connectivity index (χ3v) is 3.85. The monoisotopic (exact) mass is 437 g/mol. The predicted octanol–water partition coefficient (Wildman–Crippen LogP) is 2.60. The van der Waals surface area contributed by atoms with E-state index < -0.39 is 16.7 Å². The van der Waals surface area contributed by atoms with E-state index in [1.807, 2.05) is 6.92 Å². The fourth-order valence-corrected chi connectivity index (χ4v) is 2.46. The van der Waals surface area contributed by atoms with Gasteiger partial charge in [-0.05, 0) is 53.2 Å². The Labute approximate surface area is 162 Å². The van der Waals surface area contributed by atoms with Gasteiger partial charge in [0.25, 0.3) is 17.5 Å². The summed E-state index contributed by atoms with van der Waals surface area (Å²) < 4.78 is 11.2. The van der Waals surface area contributed by atoms with Crippen molar-refractivity contribution in [1.82, 2.24) is 10.9 Å². The van der Waals surface area contributed by atoms with E-state index >= 15 is 0 Å². The van der Waals surface area contributed by atoms with E-state index in [2.05, 4.69) is 26.8 Å². The van der Waals surface area contributed by atoms with Crippen LogP contribution >= 0.6 is 15.9 Å². The Morgan fingerprint density at radius 3 is 2.41 bits per heavy atom. The second-order valence-electron chi connectivity index (χ2n) is 5.12. The smallest absolute Gasteiger partial charge is 0.276 e. The van der Waals surface area contributed by atoms with Gasteiger partial charge in [-0.25, -0.2) is 0 Å². The van der Waals surface area contributed by atoms with Crippen LogP contribution in [0.15, 0.2) is 46.9 Å². The zero-order valence-electron chi connectivity index (χ0n) is 14.2. The molecule has 0 heterocycles. The molecule has 10 heteroatoms. The Morgan fingerprint density at radius 1 is 1.11 bits per heavy atom. The highest BCUT2D eigenvalue weighted by Crippen LogP contribution is 2.25. The minimum absolute atomic E-state index is 0.0828. The number of carbonyl (C=O) groups excluding carboxylic acids is 2. The molecule has 9 nitrogen and oxygen atoms in total. The number of hydrazine groups is 1. The topological polar surface area (TPSA) is 120 Å². The number of amides is 2. The number of non-ortho nitro benzene ring substituents is 1. The largest absolute Gasteiger partial charge is 0.493 e. The number of nitro benzene ring substituents is 1. The first-order valence-electron chi connectivity index (χ1n) is 7.79. The molecule has 0 unspecified atom stereocenters. The van der Waals surface area contributed by atoms with Gasteiger partial charge in [0.15, 0.2) is 6.61 Å². The molecule has 0 atom stereocenters. The molecule has 2 N–H and O–H groups in total. The average Bonchev–Trinajstić information content (AvgIpc) is 2.66. The van der Waals surface area contributed by atoms with Crippen molar-refractivity contribution in [2.75, 3.05) is 13.2 Å². The summed E-state index contributed by atoms with van der Waals surface area (Å²) in [5.74, 6) is -0.207. The molecule has 0 radical (unpaired) electrons. The molecule has 27 heavy (non-hydrogen) atoms. The van der Waals surface area contributed by atoms with Gasteiger partial charge in [-0.3, -0.25) is 30.6 Å². The molecule has 0 saturated heterocycles. The minimum atomic E-state index is -0.591. The van der Waals surface area contributed by atoms with Gasteiger partial charge in [0.2, 0.25) is 0 Å². The second kappa shape index (κ2) is 9.53. The summed E-state index contributed by atoms with van der Waals surface area (Å²) in [6.07, 6.45) is 0. The molecule has 0 aliphatic rings. The number of halogens is 1. The average molecular weight is 438 g/mol. The summed E-state index contributed by atoms with van der Waals surface area (Å²) in [6.45, 7) is 1.97. The normalized spacial score (nSPS) is 10.0. The number of nitrogens with one attached hydrogen (secondary N) is 2. The standard InChI is InChI=1S/C17H16BrN3O6/c1-2-26-15-8-3-11(9-14(15)18)17(23)20-19-16(22)10-27-13-6-4-12(5-7-13)21(24)25/h3-9H,2,10H2,1H3,(H,19,22)(H,20,23). The third-order valence-electron chi connectivity index (χ3n) is 3.23. The summed E-state index contributed by atoms with van der Waals surface area (Å²) in [5.41, 5.74) is 4.73. The number of carbonyl (C=O) groups is 2. The Kier molecular flexibility index (Phi) is 7.12. The lowest BCUT2D eigenvalue weighted by molar-refractivity contribution is -0.384. The van der Waals surface area contributed by atoms with Crippen molar-refractivity contribution in [3.05, 3.63) is 62.6 Å². The molecule has 142 valence electrons. The van der Waals surface area contributed by atoms with Crippen molar-refractivity contribution in [1.29, 1.82) is 0 Å². The number of rotatable bonds is 7. The first-order chi connectivity index (χ1) is 12.9. The highest BCUT2D eigenvalue weighted by Gasteiger charge is 2.11. The zero-order chi connectivity index (χ0) is 19.8. The van der Waals surface area contributed by atoms with Crippen molar-refractivity contribution in [2.45, 2.75) is 6.92 Å². The van der Waals surface area contributed by atoms with Crippen LogP contribution in [0.2, 0.25) is 0 Å². The Hall–Kier alpha value is -3.14. The molecule has 0 bridgehead atoms. The van der Waals surface area contributed by atoms with Gasteiger partial charge in [0, 0.05) is 17.7 Å². The van der Waals surface area contributed by atoms with E-state index in [1.165, 1.54) is 24.3 Å². The van der Waals surface area contributed by atoms with Crippen molar-refractivity contribution in [3.63, 3.8) is 0 Å². The molecule has 2 amide bonds. The molecule has 0 aliphatic carbocycles. The first kappa shape index (κ1) is 20.2. The summed E-state index contributed by atoms with van der Waals surface area (Å²) in [7, 11) is 0. The molecule has 0 aromatic heterocycles. The van der Waals surface area contributed by atoms with Gasteiger partial charge in [0.1, 0.15) is 11.5 Å². The molecule has 2 rings (SSSR count). The van der Waals surface area contributed by atoms with E-state index in [4.69, 9.17) is 9.47 Å².